The minimum Gasteiger partial charge on any atom is -0.494 e. The summed E-state index contributed by atoms with van der Waals surface area (Å²) in [6.45, 7) is 9.76. The lowest BCUT2D eigenvalue weighted by atomic mass is 9.95. The summed E-state index contributed by atoms with van der Waals surface area (Å²) in [5, 5.41) is 7.42. The Kier molecular flexibility index (Phi) is 9.96. The van der Waals surface area contributed by atoms with Crippen LogP contribution in [0, 0.1) is 12.3 Å². The lowest BCUT2D eigenvalue weighted by Crippen LogP contribution is -2.27. The number of hydrogen-bond donors (Lipinski definition) is 1. The molecule has 0 aliphatic heterocycles. The largest absolute Gasteiger partial charge is 0.494 e. The molecule has 2 aromatic carbocycles. The molecule has 8 nitrogen and oxygen atoms in total. The van der Waals surface area contributed by atoms with Crippen LogP contribution in [0.2, 0.25) is 0 Å². The van der Waals surface area contributed by atoms with Crippen LogP contribution in [0.5, 0.6) is 5.75 Å². The van der Waals surface area contributed by atoms with Crippen LogP contribution in [-0.4, -0.2) is 39.7 Å². The van der Waals surface area contributed by atoms with Crippen LogP contribution in [0.3, 0.4) is 0 Å². The smallest absolute Gasteiger partial charge is 0.417 e. The molecule has 2 aromatic heterocycles. The van der Waals surface area contributed by atoms with E-state index in [1.165, 1.54) is 22.7 Å². The predicted molar refractivity (Wildman–Crippen MR) is 162 cm³/mol. The van der Waals surface area contributed by atoms with E-state index in [-0.39, 0.29) is 28.9 Å². The molecule has 0 saturated carbocycles. The topological polar surface area (TPSA) is 94.8 Å². The van der Waals surface area contributed by atoms with E-state index in [1.54, 1.807) is 19.2 Å². The molecule has 0 bridgehead atoms. The molecule has 1 amide bonds. The van der Waals surface area contributed by atoms with E-state index in [2.05, 4.69) is 15.4 Å². The van der Waals surface area contributed by atoms with Gasteiger partial charge in [-0.25, -0.2) is 9.50 Å². The highest BCUT2D eigenvalue weighted by Gasteiger charge is 2.34. The van der Waals surface area contributed by atoms with Crippen molar-refractivity contribution in [3.05, 3.63) is 65.9 Å². The van der Waals surface area contributed by atoms with Gasteiger partial charge in [0.05, 0.1) is 36.4 Å². The summed E-state index contributed by atoms with van der Waals surface area (Å²) in [5.41, 5.74) is 1.85. The molecule has 4 rings (SSSR count). The number of aromatic nitrogens is 3. The third kappa shape index (κ3) is 8.15. The molecular formula is C33H37F3N4O4. The van der Waals surface area contributed by atoms with E-state index >= 15 is 0 Å². The molecule has 44 heavy (non-hydrogen) atoms. The second-order valence-corrected chi connectivity index (χ2v) is 11.6. The Hall–Kier alpha value is -4.41. The van der Waals surface area contributed by atoms with Crippen molar-refractivity contribution in [3.8, 4) is 28.3 Å². The van der Waals surface area contributed by atoms with Crippen molar-refractivity contribution in [1.82, 2.24) is 14.6 Å². The van der Waals surface area contributed by atoms with E-state index in [9.17, 15) is 22.8 Å². The monoisotopic (exact) mass is 610 g/mol. The molecule has 11 heteroatoms. The fourth-order valence-corrected chi connectivity index (χ4v) is 4.43. The normalized spacial score (nSPS) is 11.9. The first-order valence-corrected chi connectivity index (χ1v) is 14.5. The zero-order valence-electron chi connectivity index (χ0n) is 25.5. The molecule has 2 heterocycles. The van der Waals surface area contributed by atoms with Gasteiger partial charge < -0.3 is 14.8 Å². The van der Waals surface area contributed by atoms with Crippen molar-refractivity contribution in [1.29, 1.82) is 0 Å². The Morgan fingerprint density at radius 2 is 1.73 bits per heavy atom. The standard InChI is InChI=1S/C33H37F3N4O4/c1-6-43-30(41)10-8-7-9-17-44-23-13-14-25(33(34,35)36)24(19-23)26-15-16-29-37-28(20-40(29)39-26)22-12-11-21(2)27(18-22)38-31(42)32(3,4)5/h11-16,18-20H,6-10,17H2,1-5H3,(H,38,42). The molecule has 0 unspecified atom stereocenters. The maximum absolute atomic E-state index is 14.0. The first-order chi connectivity index (χ1) is 20.8. The SMILES string of the molecule is CCOC(=O)CCCCCOc1ccc(C(F)(F)F)c(-c2ccc3nc(-c4ccc(C)c(NC(=O)C(C)(C)C)c4)cn3n2)c1. The second-order valence-electron chi connectivity index (χ2n) is 11.6. The number of unbranched alkanes of at least 4 members (excludes halogenated alkanes) is 2. The first-order valence-electron chi connectivity index (χ1n) is 14.5. The molecular weight excluding hydrogens is 573 g/mol. The van der Waals surface area contributed by atoms with Crippen LogP contribution < -0.4 is 10.1 Å². The number of fused-ring (bicyclic) bond motifs is 1. The molecule has 0 atom stereocenters. The maximum atomic E-state index is 14.0. The van der Waals surface area contributed by atoms with Gasteiger partial charge in [0.15, 0.2) is 5.65 Å². The van der Waals surface area contributed by atoms with Crippen molar-refractivity contribution >= 4 is 23.2 Å². The fraction of sp³-hybridized carbons (Fsp3) is 0.394. The van der Waals surface area contributed by atoms with E-state index < -0.39 is 17.2 Å². The molecule has 1 N–H and O–H groups in total. The number of rotatable bonds is 11. The first kappa shape index (κ1) is 32.5. The zero-order chi connectivity index (χ0) is 32.1. The Bertz CT molecular complexity index is 1640. The van der Waals surface area contributed by atoms with Gasteiger partial charge in [0.25, 0.3) is 0 Å². The summed E-state index contributed by atoms with van der Waals surface area (Å²) in [4.78, 5) is 28.6. The Balaban J connectivity index is 1.56. The molecule has 0 spiro atoms. The van der Waals surface area contributed by atoms with Crippen LogP contribution in [0.1, 0.15) is 64.5 Å². The van der Waals surface area contributed by atoms with Crippen LogP contribution in [0.25, 0.3) is 28.2 Å². The van der Waals surface area contributed by atoms with Crippen molar-refractivity contribution in [2.24, 2.45) is 5.41 Å². The number of hydrogen-bond acceptors (Lipinski definition) is 6. The molecule has 0 fully saturated rings. The fourth-order valence-electron chi connectivity index (χ4n) is 4.43. The molecule has 0 aliphatic carbocycles. The highest BCUT2D eigenvalue weighted by molar-refractivity contribution is 5.95. The number of esters is 1. The third-order valence-electron chi connectivity index (χ3n) is 6.95. The lowest BCUT2D eigenvalue weighted by molar-refractivity contribution is -0.143. The highest BCUT2D eigenvalue weighted by Crippen LogP contribution is 2.38. The number of halogens is 3. The number of carbonyl (C=O) groups is 2. The van der Waals surface area contributed by atoms with Gasteiger partial charge in [-0.3, -0.25) is 9.59 Å². The maximum Gasteiger partial charge on any atom is 0.417 e. The van der Waals surface area contributed by atoms with Crippen molar-refractivity contribution in [3.63, 3.8) is 0 Å². The molecule has 0 aliphatic rings. The average Bonchev–Trinajstić information content (AvgIpc) is 3.38. The van der Waals surface area contributed by atoms with Gasteiger partial charge in [-0.2, -0.15) is 18.3 Å². The number of nitrogens with zero attached hydrogens (tertiary/aromatic N) is 3. The number of amides is 1. The molecule has 0 radical (unpaired) electrons. The lowest BCUT2D eigenvalue weighted by Gasteiger charge is -2.19. The van der Waals surface area contributed by atoms with Crippen molar-refractivity contribution < 1.29 is 32.2 Å². The van der Waals surface area contributed by atoms with E-state index in [1.807, 2.05) is 45.9 Å². The van der Waals surface area contributed by atoms with Gasteiger partial charge in [-0.1, -0.05) is 32.9 Å². The summed E-state index contributed by atoms with van der Waals surface area (Å²) in [6, 6.07) is 12.3. The average molecular weight is 611 g/mol. The number of anilines is 1. The summed E-state index contributed by atoms with van der Waals surface area (Å²) in [7, 11) is 0. The Morgan fingerprint density at radius 1 is 0.955 bits per heavy atom. The minimum absolute atomic E-state index is 0.107. The van der Waals surface area contributed by atoms with E-state index in [0.29, 0.717) is 49.5 Å². The van der Waals surface area contributed by atoms with Gasteiger partial charge in [-0.15, -0.1) is 0 Å². The van der Waals surface area contributed by atoms with Gasteiger partial charge in [0.2, 0.25) is 5.91 Å². The van der Waals surface area contributed by atoms with Crippen LogP contribution in [0.4, 0.5) is 18.9 Å². The third-order valence-corrected chi connectivity index (χ3v) is 6.95. The number of imidazole rings is 1. The van der Waals surface area contributed by atoms with E-state index in [4.69, 9.17) is 9.47 Å². The van der Waals surface area contributed by atoms with Crippen LogP contribution >= 0.6 is 0 Å². The number of carbonyl (C=O) groups excluding carboxylic acids is 2. The number of aryl methyl sites for hydroxylation is 1. The summed E-state index contributed by atoms with van der Waals surface area (Å²) < 4.78 is 54.1. The van der Waals surface area contributed by atoms with Crippen LogP contribution in [0.15, 0.2) is 54.7 Å². The minimum atomic E-state index is -4.60. The van der Waals surface area contributed by atoms with Crippen molar-refractivity contribution in [2.75, 3.05) is 18.5 Å². The summed E-state index contributed by atoms with van der Waals surface area (Å²) >= 11 is 0. The van der Waals surface area contributed by atoms with Gasteiger partial charge in [0.1, 0.15) is 5.75 Å². The number of nitrogens with one attached hydrogen (secondary N) is 1. The molecule has 0 saturated heterocycles. The number of ether oxygens (including phenoxy) is 2. The Labute approximate surface area is 254 Å². The predicted octanol–water partition coefficient (Wildman–Crippen LogP) is 7.88. The summed E-state index contributed by atoms with van der Waals surface area (Å²) in [5.74, 6) is -0.0840. The van der Waals surface area contributed by atoms with Crippen LogP contribution in [-0.2, 0) is 20.5 Å². The number of benzene rings is 2. The van der Waals surface area contributed by atoms with Gasteiger partial charge in [-0.05, 0) is 75.1 Å². The Morgan fingerprint density at radius 3 is 2.43 bits per heavy atom. The quantitative estimate of drug-likeness (QED) is 0.137. The van der Waals surface area contributed by atoms with Gasteiger partial charge in [0, 0.05) is 28.7 Å². The second kappa shape index (κ2) is 13.5. The molecule has 4 aromatic rings. The number of alkyl halides is 3. The van der Waals surface area contributed by atoms with Crippen molar-refractivity contribution in [2.45, 2.75) is 66.5 Å². The van der Waals surface area contributed by atoms with Gasteiger partial charge >= 0.3 is 12.1 Å². The zero-order valence-corrected chi connectivity index (χ0v) is 25.5. The highest BCUT2D eigenvalue weighted by atomic mass is 19.4. The molecule has 234 valence electrons. The summed E-state index contributed by atoms with van der Waals surface area (Å²) in [6.07, 6.45) is -0.637. The van der Waals surface area contributed by atoms with E-state index in [0.717, 1.165) is 23.6 Å².